The number of amides is 1. The standard InChI is InChI=1S/C5H6IN3O/c1-9-2-3(5(7)10)4(6)8-9/h2H,1H3,(H2,7,10)/i/hD. The van der Waals surface area contributed by atoms with Crippen molar-refractivity contribution in [2.75, 3.05) is 0 Å². The molecule has 0 saturated carbocycles. The fraction of sp³-hybridized carbons (Fsp3) is 0.200. The average Bonchev–Trinajstić information content (AvgIpc) is 2.28. The van der Waals surface area contributed by atoms with Crippen LogP contribution in [0.2, 0.25) is 1.41 Å². The molecule has 1 aromatic heterocycles. The molecule has 0 radical (unpaired) electrons. The minimum absolute atomic E-state index is 0.428. The third-order valence-corrected chi connectivity index (χ3v) is 1.83. The second-order valence-electron chi connectivity index (χ2n) is 1.84. The van der Waals surface area contributed by atoms with Gasteiger partial charge in [0.1, 0.15) is 3.70 Å². The highest BCUT2D eigenvalue weighted by molar-refractivity contribution is 14.1. The third-order valence-electron chi connectivity index (χ3n) is 1.03. The Labute approximate surface area is 73.0 Å². The molecular formula is C5H6IN3O. The number of carbonyl (C=O) groups is 1. The highest BCUT2D eigenvalue weighted by Crippen LogP contribution is 2.07. The first kappa shape index (κ1) is 6.14. The summed E-state index contributed by atoms with van der Waals surface area (Å²) < 4.78 is 8.75. The Bertz CT molecular complexity index is 285. The normalized spacial score (nSPS) is 10.8. The second-order valence-corrected chi connectivity index (χ2v) is 2.86. The lowest BCUT2D eigenvalue weighted by Gasteiger charge is -1.84. The zero-order valence-corrected chi connectivity index (χ0v) is 7.42. The topological polar surface area (TPSA) is 60.9 Å². The lowest BCUT2D eigenvalue weighted by molar-refractivity contribution is 0.0999. The number of rotatable bonds is 1. The largest absolute Gasteiger partial charge is 0.365 e. The molecule has 0 spiro atoms. The van der Waals surface area contributed by atoms with E-state index < -0.39 is 5.91 Å². The molecule has 0 bridgehead atoms. The number of primary amides is 1. The Morgan fingerprint density at radius 3 is 3.20 bits per heavy atom. The molecular weight excluding hydrogens is 245 g/mol. The predicted molar refractivity (Wildman–Crippen MR) is 44.4 cm³/mol. The summed E-state index contributed by atoms with van der Waals surface area (Å²) in [6.45, 7) is 0. The minimum Gasteiger partial charge on any atom is -0.365 e. The summed E-state index contributed by atoms with van der Waals surface area (Å²) in [6.07, 6.45) is 1.58. The first-order valence-corrected chi connectivity index (χ1v) is 3.64. The maximum atomic E-state index is 10.9. The van der Waals surface area contributed by atoms with Crippen molar-refractivity contribution in [2.24, 2.45) is 12.8 Å². The summed E-state index contributed by atoms with van der Waals surface area (Å²) in [4.78, 5) is 10.9. The van der Waals surface area contributed by atoms with Crippen LogP contribution in [0.3, 0.4) is 0 Å². The second kappa shape index (κ2) is 2.57. The van der Waals surface area contributed by atoms with Gasteiger partial charge in [-0.2, -0.15) is 5.10 Å². The zero-order chi connectivity index (χ0) is 8.43. The molecule has 0 fully saturated rings. The van der Waals surface area contributed by atoms with Crippen molar-refractivity contribution in [3.63, 3.8) is 0 Å². The summed E-state index contributed by atoms with van der Waals surface area (Å²) in [7, 11) is 1.73. The minimum atomic E-state index is -0.428. The molecule has 1 rings (SSSR count). The molecule has 1 aromatic rings. The molecule has 0 saturated heterocycles. The van der Waals surface area contributed by atoms with E-state index in [0.29, 0.717) is 9.26 Å². The molecule has 54 valence electrons. The Morgan fingerprint density at radius 1 is 2.10 bits per heavy atom. The summed E-state index contributed by atoms with van der Waals surface area (Å²) in [5, 5.41) is 3.94. The quantitative estimate of drug-likeness (QED) is 0.722. The highest BCUT2D eigenvalue weighted by Gasteiger charge is 2.08. The number of aromatic nitrogens is 2. The van der Waals surface area contributed by atoms with E-state index in [0.717, 1.165) is 0 Å². The van der Waals surface area contributed by atoms with Crippen molar-refractivity contribution in [3.05, 3.63) is 15.5 Å². The van der Waals surface area contributed by atoms with Gasteiger partial charge in [-0.05, 0) is 22.6 Å². The summed E-state index contributed by atoms with van der Waals surface area (Å²) in [5.74, 6) is -0.428. The van der Waals surface area contributed by atoms with E-state index in [1.54, 1.807) is 19.0 Å². The van der Waals surface area contributed by atoms with Crippen LogP contribution in [0.1, 0.15) is 10.4 Å². The SMILES string of the molecule is [2H]NC(=O)c1cn(C)nc1I. The molecule has 5 heteroatoms. The molecule has 0 aliphatic heterocycles. The number of carbonyl (C=O) groups excluding carboxylic acids is 1. The number of halogens is 1. The average molecular weight is 252 g/mol. The van der Waals surface area contributed by atoms with Crippen molar-refractivity contribution in [2.45, 2.75) is 0 Å². The van der Waals surface area contributed by atoms with E-state index in [9.17, 15) is 4.79 Å². The van der Waals surface area contributed by atoms with E-state index >= 15 is 0 Å². The zero-order valence-electron chi connectivity index (χ0n) is 6.26. The summed E-state index contributed by atoms with van der Waals surface area (Å²) >= 11 is 1.94. The molecule has 0 aromatic carbocycles. The molecule has 4 nitrogen and oxygen atoms in total. The van der Waals surface area contributed by atoms with Gasteiger partial charge in [-0.1, -0.05) is 0 Å². The number of nitrogens with zero attached hydrogens (tertiary/aromatic N) is 2. The van der Waals surface area contributed by atoms with E-state index in [2.05, 4.69) is 5.10 Å². The Hall–Kier alpha value is -0.590. The molecule has 2 N–H and O–H groups in total. The van der Waals surface area contributed by atoms with Gasteiger partial charge in [0.2, 0.25) is 0 Å². The monoisotopic (exact) mass is 252 g/mol. The van der Waals surface area contributed by atoms with Crippen LogP contribution in [0.4, 0.5) is 0 Å². The Kier molecular flexibility index (Phi) is 1.58. The van der Waals surface area contributed by atoms with Crippen LogP contribution in [-0.4, -0.2) is 15.7 Å². The van der Waals surface area contributed by atoms with Crippen molar-refractivity contribution < 1.29 is 6.21 Å². The van der Waals surface area contributed by atoms with E-state index in [1.165, 1.54) is 4.68 Å². The van der Waals surface area contributed by atoms with Crippen LogP contribution in [0.15, 0.2) is 6.20 Å². The van der Waals surface area contributed by atoms with Crippen LogP contribution >= 0.6 is 22.6 Å². The molecule has 10 heavy (non-hydrogen) atoms. The maximum absolute atomic E-state index is 10.9. The first-order valence-electron chi connectivity index (χ1n) is 3.06. The van der Waals surface area contributed by atoms with Gasteiger partial charge in [-0.15, -0.1) is 0 Å². The van der Waals surface area contributed by atoms with Crippen molar-refractivity contribution >= 4 is 28.5 Å². The van der Waals surface area contributed by atoms with E-state index in [4.69, 9.17) is 1.41 Å². The maximum Gasteiger partial charge on any atom is 0.253 e. The number of aryl methyl sites for hydroxylation is 1. The van der Waals surface area contributed by atoms with E-state index in [-0.39, 0.29) is 0 Å². The number of hydrogen-bond donors (Lipinski definition) is 1. The van der Waals surface area contributed by atoms with Gasteiger partial charge in [-0.3, -0.25) is 9.48 Å². The lowest BCUT2D eigenvalue weighted by atomic mass is 10.4. The van der Waals surface area contributed by atoms with Gasteiger partial charge in [-0.25, -0.2) is 0 Å². The van der Waals surface area contributed by atoms with Gasteiger partial charge in [0.15, 0.2) is 1.41 Å². The molecule has 0 atom stereocenters. The van der Waals surface area contributed by atoms with Crippen LogP contribution in [0.25, 0.3) is 0 Å². The fourth-order valence-electron chi connectivity index (χ4n) is 0.614. The van der Waals surface area contributed by atoms with Crippen molar-refractivity contribution in [1.82, 2.24) is 9.78 Å². The molecule has 0 aliphatic carbocycles. The van der Waals surface area contributed by atoms with Crippen LogP contribution in [0, 0.1) is 3.70 Å². The van der Waals surface area contributed by atoms with Gasteiger partial charge in [0.05, 0.1) is 5.56 Å². The van der Waals surface area contributed by atoms with Crippen LogP contribution in [0.5, 0.6) is 0 Å². The van der Waals surface area contributed by atoms with Gasteiger partial charge >= 0.3 is 0 Å². The van der Waals surface area contributed by atoms with Gasteiger partial charge in [0.25, 0.3) is 5.91 Å². The lowest BCUT2D eigenvalue weighted by Crippen LogP contribution is -2.11. The highest BCUT2D eigenvalue weighted by atomic mass is 127. The van der Waals surface area contributed by atoms with E-state index in [1.807, 2.05) is 22.6 Å². The Balaban J connectivity index is 3.03. The molecule has 0 unspecified atom stereocenters. The number of hydrogen-bond acceptors (Lipinski definition) is 2. The number of nitrogens with two attached hydrogens (primary N) is 1. The predicted octanol–water partition coefficient (Wildman–Crippen LogP) is 0.124. The summed E-state index contributed by atoms with van der Waals surface area (Å²) in [6, 6.07) is 0. The Morgan fingerprint density at radius 2 is 2.80 bits per heavy atom. The fourth-order valence-corrected chi connectivity index (χ4v) is 1.34. The van der Waals surface area contributed by atoms with Gasteiger partial charge in [0, 0.05) is 13.2 Å². The van der Waals surface area contributed by atoms with Crippen molar-refractivity contribution in [3.8, 4) is 0 Å². The van der Waals surface area contributed by atoms with Crippen molar-refractivity contribution in [1.29, 1.82) is 0 Å². The first-order chi connectivity index (χ1) is 5.15. The molecule has 0 aliphatic rings. The molecule has 1 heterocycles. The third kappa shape index (κ3) is 1.28. The molecule has 1 amide bonds. The van der Waals surface area contributed by atoms with Crippen LogP contribution < -0.4 is 5.73 Å². The van der Waals surface area contributed by atoms with Gasteiger partial charge < -0.3 is 5.73 Å². The van der Waals surface area contributed by atoms with Crippen LogP contribution in [-0.2, 0) is 7.05 Å². The smallest absolute Gasteiger partial charge is 0.253 e. The summed E-state index contributed by atoms with van der Waals surface area (Å²) in [5.41, 5.74) is 2.22.